The van der Waals surface area contributed by atoms with Gasteiger partial charge in [0, 0.05) is 6.42 Å². The van der Waals surface area contributed by atoms with E-state index in [1.807, 2.05) is 36.4 Å². The van der Waals surface area contributed by atoms with Crippen LogP contribution in [0, 0.1) is 0 Å². The highest BCUT2D eigenvalue weighted by atomic mass is 16.5. The number of carboxylic acids is 1. The van der Waals surface area contributed by atoms with Crippen LogP contribution in [0.4, 0.5) is 4.79 Å². The van der Waals surface area contributed by atoms with Gasteiger partial charge in [-0.25, -0.2) is 9.59 Å². The third-order valence-electron chi connectivity index (χ3n) is 4.51. The molecule has 3 rings (SSSR count). The van der Waals surface area contributed by atoms with Crippen LogP contribution < -0.4 is 5.32 Å². The number of carbonyl (C=O) groups is 2. The summed E-state index contributed by atoms with van der Waals surface area (Å²) in [6.07, 6.45) is -0.0796. The molecule has 2 aromatic carbocycles. The molecule has 130 valence electrons. The van der Waals surface area contributed by atoms with Gasteiger partial charge in [-0.05, 0) is 35.6 Å². The SMILES string of the molecule is O=C(NC1(C(=O)O)CCc2cccc(O)c2C1)OCc1ccccc1. The van der Waals surface area contributed by atoms with E-state index in [4.69, 9.17) is 4.74 Å². The van der Waals surface area contributed by atoms with Crippen molar-refractivity contribution < 1.29 is 24.5 Å². The number of nitrogens with one attached hydrogen (secondary N) is 1. The summed E-state index contributed by atoms with van der Waals surface area (Å²) in [5, 5.41) is 22.2. The predicted molar refractivity (Wildman–Crippen MR) is 90.3 cm³/mol. The standard InChI is InChI=1S/C19H19NO5/c21-16-8-4-7-14-9-10-19(17(22)23,11-15(14)16)20-18(24)25-12-13-5-2-1-3-6-13/h1-8,21H,9-12H2,(H,20,24)(H,22,23). The maximum atomic E-state index is 12.1. The lowest BCUT2D eigenvalue weighted by atomic mass is 9.77. The second kappa shape index (κ2) is 6.84. The summed E-state index contributed by atoms with van der Waals surface area (Å²) in [5.74, 6) is -1.10. The number of phenols is 1. The lowest BCUT2D eigenvalue weighted by molar-refractivity contribution is -0.145. The van der Waals surface area contributed by atoms with Crippen LogP contribution in [0.1, 0.15) is 23.1 Å². The summed E-state index contributed by atoms with van der Waals surface area (Å²) >= 11 is 0. The van der Waals surface area contributed by atoms with Gasteiger partial charge in [-0.2, -0.15) is 0 Å². The number of amides is 1. The summed E-state index contributed by atoms with van der Waals surface area (Å²) in [5.41, 5.74) is 0.782. The van der Waals surface area contributed by atoms with Gasteiger partial charge >= 0.3 is 12.1 Å². The van der Waals surface area contributed by atoms with E-state index in [1.165, 1.54) is 6.07 Å². The van der Waals surface area contributed by atoms with Gasteiger partial charge < -0.3 is 20.3 Å². The summed E-state index contributed by atoms with van der Waals surface area (Å²) < 4.78 is 5.15. The average molecular weight is 341 g/mol. The Morgan fingerprint density at radius 2 is 1.88 bits per heavy atom. The quantitative estimate of drug-likeness (QED) is 0.794. The molecule has 0 heterocycles. The third kappa shape index (κ3) is 3.57. The van der Waals surface area contributed by atoms with Crippen molar-refractivity contribution in [3.8, 4) is 5.75 Å². The van der Waals surface area contributed by atoms with Crippen molar-refractivity contribution in [2.75, 3.05) is 0 Å². The van der Waals surface area contributed by atoms with Crippen molar-refractivity contribution in [3.05, 3.63) is 65.2 Å². The zero-order valence-electron chi connectivity index (χ0n) is 13.6. The number of phenolic OH excluding ortho intramolecular Hbond substituents is 1. The number of ether oxygens (including phenoxy) is 1. The molecule has 1 unspecified atom stereocenters. The van der Waals surface area contributed by atoms with E-state index in [1.54, 1.807) is 6.07 Å². The second-order valence-electron chi connectivity index (χ2n) is 6.17. The van der Waals surface area contributed by atoms with E-state index >= 15 is 0 Å². The molecule has 0 radical (unpaired) electrons. The fourth-order valence-corrected chi connectivity index (χ4v) is 3.09. The minimum absolute atomic E-state index is 0.0186. The fourth-order valence-electron chi connectivity index (χ4n) is 3.09. The number of hydrogen-bond donors (Lipinski definition) is 3. The lowest BCUT2D eigenvalue weighted by Crippen LogP contribution is -2.57. The van der Waals surface area contributed by atoms with Crippen molar-refractivity contribution in [1.29, 1.82) is 0 Å². The normalized spacial score (nSPS) is 18.9. The maximum Gasteiger partial charge on any atom is 0.408 e. The Morgan fingerprint density at radius 1 is 1.12 bits per heavy atom. The molecule has 0 fully saturated rings. The molecule has 6 heteroatoms. The number of fused-ring (bicyclic) bond motifs is 1. The Hall–Kier alpha value is -3.02. The monoisotopic (exact) mass is 341 g/mol. The molecule has 1 atom stereocenters. The highest BCUT2D eigenvalue weighted by Gasteiger charge is 2.44. The number of aryl methyl sites for hydroxylation is 1. The summed E-state index contributed by atoms with van der Waals surface area (Å²) in [6, 6.07) is 14.2. The van der Waals surface area contributed by atoms with E-state index in [9.17, 15) is 19.8 Å². The Kier molecular flexibility index (Phi) is 4.61. The fraction of sp³-hybridized carbons (Fsp3) is 0.263. The zero-order valence-corrected chi connectivity index (χ0v) is 13.6. The van der Waals surface area contributed by atoms with Crippen LogP contribution in [-0.2, 0) is 29.0 Å². The number of hydrogen-bond acceptors (Lipinski definition) is 4. The smallest absolute Gasteiger partial charge is 0.408 e. The van der Waals surface area contributed by atoms with Crippen molar-refractivity contribution in [2.45, 2.75) is 31.4 Å². The predicted octanol–water partition coefficient (Wildman–Crippen LogP) is 2.63. The molecule has 0 bridgehead atoms. The molecule has 0 aliphatic heterocycles. The Morgan fingerprint density at radius 3 is 2.60 bits per heavy atom. The van der Waals surface area contributed by atoms with Crippen molar-refractivity contribution in [1.82, 2.24) is 5.32 Å². The molecule has 0 aromatic heterocycles. The molecule has 2 aromatic rings. The Labute approximate surface area is 145 Å². The number of aromatic hydroxyl groups is 1. The molecule has 0 saturated carbocycles. The number of aliphatic carboxylic acids is 1. The highest BCUT2D eigenvalue weighted by Crippen LogP contribution is 2.34. The number of benzene rings is 2. The molecule has 1 aliphatic rings. The first-order valence-electron chi connectivity index (χ1n) is 8.02. The molecule has 1 aliphatic carbocycles. The molecule has 25 heavy (non-hydrogen) atoms. The van der Waals surface area contributed by atoms with Crippen LogP contribution in [0.25, 0.3) is 0 Å². The van der Waals surface area contributed by atoms with E-state index in [2.05, 4.69) is 5.32 Å². The van der Waals surface area contributed by atoms with Gasteiger partial charge in [-0.1, -0.05) is 42.5 Å². The first kappa shape index (κ1) is 16.8. The van der Waals surface area contributed by atoms with Gasteiger partial charge in [-0.3, -0.25) is 0 Å². The van der Waals surface area contributed by atoms with E-state index < -0.39 is 17.6 Å². The minimum Gasteiger partial charge on any atom is -0.508 e. The molecular weight excluding hydrogens is 322 g/mol. The Bertz CT molecular complexity index is 790. The van der Waals surface area contributed by atoms with Gasteiger partial charge in [0.05, 0.1) is 0 Å². The van der Waals surface area contributed by atoms with E-state index in [0.29, 0.717) is 12.0 Å². The number of rotatable bonds is 4. The number of alkyl carbamates (subject to hydrolysis) is 1. The van der Waals surface area contributed by atoms with Crippen molar-refractivity contribution in [2.24, 2.45) is 0 Å². The zero-order chi connectivity index (χ0) is 17.9. The van der Waals surface area contributed by atoms with Crippen LogP contribution in [-0.4, -0.2) is 27.8 Å². The van der Waals surface area contributed by atoms with Crippen LogP contribution >= 0.6 is 0 Å². The first-order valence-corrected chi connectivity index (χ1v) is 8.02. The summed E-state index contributed by atoms with van der Waals surface area (Å²) in [7, 11) is 0. The van der Waals surface area contributed by atoms with Gasteiger partial charge in [0.25, 0.3) is 0 Å². The molecule has 0 spiro atoms. The molecule has 0 saturated heterocycles. The molecular formula is C19H19NO5. The van der Waals surface area contributed by atoms with Gasteiger partial charge in [0.1, 0.15) is 17.9 Å². The van der Waals surface area contributed by atoms with Gasteiger partial charge in [-0.15, -0.1) is 0 Å². The molecule has 3 N–H and O–H groups in total. The van der Waals surface area contributed by atoms with Gasteiger partial charge in [0.2, 0.25) is 0 Å². The largest absolute Gasteiger partial charge is 0.508 e. The average Bonchev–Trinajstić information content (AvgIpc) is 2.61. The van der Waals surface area contributed by atoms with E-state index in [-0.39, 0.29) is 25.2 Å². The van der Waals surface area contributed by atoms with Crippen LogP contribution in [0.2, 0.25) is 0 Å². The number of carbonyl (C=O) groups excluding carboxylic acids is 1. The third-order valence-corrected chi connectivity index (χ3v) is 4.51. The molecule has 6 nitrogen and oxygen atoms in total. The number of carboxylic acid groups (broad SMARTS) is 1. The topological polar surface area (TPSA) is 95.9 Å². The van der Waals surface area contributed by atoms with Crippen LogP contribution in [0.5, 0.6) is 5.75 Å². The maximum absolute atomic E-state index is 12.1. The summed E-state index contributed by atoms with van der Waals surface area (Å²) in [4.78, 5) is 24.0. The van der Waals surface area contributed by atoms with Crippen molar-refractivity contribution in [3.63, 3.8) is 0 Å². The minimum atomic E-state index is -1.49. The summed E-state index contributed by atoms with van der Waals surface area (Å²) in [6.45, 7) is 0.0597. The van der Waals surface area contributed by atoms with Crippen molar-refractivity contribution >= 4 is 12.1 Å². The van der Waals surface area contributed by atoms with Crippen LogP contribution in [0.15, 0.2) is 48.5 Å². The van der Waals surface area contributed by atoms with Crippen LogP contribution in [0.3, 0.4) is 0 Å². The Balaban J connectivity index is 1.72. The molecule has 1 amide bonds. The highest BCUT2D eigenvalue weighted by molar-refractivity contribution is 5.85. The van der Waals surface area contributed by atoms with E-state index in [0.717, 1.165) is 11.1 Å². The lowest BCUT2D eigenvalue weighted by Gasteiger charge is -2.35. The van der Waals surface area contributed by atoms with Gasteiger partial charge in [0.15, 0.2) is 0 Å². The first-order chi connectivity index (χ1) is 12.0. The second-order valence-corrected chi connectivity index (χ2v) is 6.17.